The number of H-pyrrole nitrogens is 2. The third-order valence-corrected chi connectivity index (χ3v) is 5.13. The summed E-state index contributed by atoms with van der Waals surface area (Å²) in [6.07, 6.45) is 4.72. The van der Waals surface area contributed by atoms with Crippen molar-refractivity contribution in [3.05, 3.63) is 75.7 Å². The molecule has 0 atom stereocenters. The number of rotatable bonds is 10. The zero-order chi connectivity index (χ0) is 18.9. The molecule has 0 spiro atoms. The van der Waals surface area contributed by atoms with Crippen molar-refractivity contribution in [2.75, 3.05) is 17.6 Å². The van der Waals surface area contributed by atoms with Gasteiger partial charge >= 0.3 is 0 Å². The number of hydrogen-bond donors (Lipinski definition) is 4. The molecular formula is C19H23N5O2S. The number of imidazole rings is 1. The van der Waals surface area contributed by atoms with Crippen molar-refractivity contribution in [2.45, 2.75) is 25.2 Å². The summed E-state index contributed by atoms with van der Waals surface area (Å²) in [4.78, 5) is 26.4. The van der Waals surface area contributed by atoms with Gasteiger partial charge in [0.05, 0.1) is 24.3 Å². The van der Waals surface area contributed by atoms with Gasteiger partial charge in [-0.2, -0.15) is 11.8 Å². The minimum Gasteiger partial charge on any atom is -0.390 e. The Hall–Kier alpha value is -2.58. The highest BCUT2D eigenvalue weighted by atomic mass is 32.2. The number of aliphatic hydroxyl groups is 1. The molecule has 2 heterocycles. The normalized spacial score (nSPS) is 10.9. The van der Waals surface area contributed by atoms with Crippen LogP contribution in [0.5, 0.6) is 0 Å². The number of aromatic nitrogens is 4. The molecule has 0 bridgehead atoms. The van der Waals surface area contributed by atoms with Crippen LogP contribution in [0.15, 0.2) is 47.7 Å². The van der Waals surface area contributed by atoms with Gasteiger partial charge in [0, 0.05) is 29.8 Å². The highest BCUT2D eigenvalue weighted by Gasteiger charge is 2.05. The molecule has 0 saturated carbocycles. The maximum atomic E-state index is 12.2. The standard InChI is InChI=1S/C19H23N5O2S/c25-11-16-17(23-13-22-16)12-27-9-8-20-19-21-10-15(18(26)24-19)7-6-14-4-2-1-3-5-14/h1-5,10,13,25H,6-9,11-12H2,(H,22,23)(H2,20,21,24,26). The fraction of sp³-hybridized carbons (Fsp3) is 0.316. The fourth-order valence-electron chi connectivity index (χ4n) is 2.64. The third kappa shape index (κ3) is 5.70. The number of thioether (sulfide) groups is 1. The van der Waals surface area contributed by atoms with E-state index >= 15 is 0 Å². The van der Waals surface area contributed by atoms with Crippen molar-refractivity contribution < 1.29 is 5.11 Å². The zero-order valence-corrected chi connectivity index (χ0v) is 15.8. The van der Waals surface area contributed by atoms with E-state index in [0.717, 1.165) is 23.6 Å². The Labute approximate surface area is 161 Å². The third-order valence-electron chi connectivity index (χ3n) is 4.14. The van der Waals surface area contributed by atoms with Crippen LogP contribution in [0.3, 0.4) is 0 Å². The van der Waals surface area contributed by atoms with Gasteiger partial charge in [0.15, 0.2) is 0 Å². The van der Waals surface area contributed by atoms with Crippen LogP contribution >= 0.6 is 11.8 Å². The summed E-state index contributed by atoms with van der Waals surface area (Å²) in [5, 5.41) is 12.3. The number of anilines is 1. The first kappa shape index (κ1) is 19.2. The number of hydrogen-bond acceptors (Lipinski definition) is 6. The Morgan fingerprint density at radius 3 is 2.78 bits per heavy atom. The molecule has 4 N–H and O–H groups in total. The topological polar surface area (TPSA) is 107 Å². The Morgan fingerprint density at radius 1 is 1.15 bits per heavy atom. The second kappa shape index (κ2) is 9.94. The van der Waals surface area contributed by atoms with E-state index in [4.69, 9.17) is 5.11 Å². The molecule has 0 amide bonds. The van der Waals surface area contributed by atoms with Gasteiger partial charge in [0.25, 0.3) is 5.56 Å². The Balaban J connectivity index is 1.42. The lowest BCUT2D eigenvalue weighted by molar-refractivity contribution is 0.276. The number of benzene rings is 1. The molecule has 0 fully saturated rings. The molecule has 0 aliphatic rings. The van der Waals surface area contributed by atoms with Crippen molar-refractivity contribution in [3.63, 3.8) is 0 Å². The van der Waals surface area contributed by atoms with E-state index in [1.807, 2.05) is 18.2 Å². The summed E-state index contributed by atoms with van der Waals surface area (Å²) in [5.41, 5.74) is 3.43. The molecule has 1 aromatic carbocycles. The van der Waals surface area contributed by atoms with Gasteiger partial charge in [-0.05, 0) is 18.4 Å². The first-order valence-corrected chi connectivity index (χ1v) is 9.97. The molecule has 142 valence electrons. The van der Waals surface area contributed by atoms with Crippen LogP contribution in [0.25, 0.3) is 0 Å². The minimum absolute atomic E-state index is 0.0561. The van der Waals surface area contributed by atoms with E-state index in [-0.39, 0.29) is 12.2 Å². The van der Waals surface area contributed by atoms with E-state index in [9.17, 15) is 4.79 Å². The van der Waals surface area contributed by atoms with Gasteiger partial charge in [-0.3, -0.25) is 9.78 Å². The lowest BCUT2D eigenvalue weighted by Crippen LogP contribution is -2.18. The second-order valence-electron chi connectivity index (χ2n) is 6.04. The molecule has 7 nitrogen and oxygen atoms in total. The van der Waals surface area contributed by atoms with Gasteiger partial charge < -0.3 is 15.4 Å². The quantitative estimate of drug-likeness (QED) is 0.398. The number of aliphatic hydroxyl groups excluding tert-OH is 1. The van der Waals surface area contributed by atoms with E-state index in [1.165, 1.54) is 5.56 Å². The number of aromatic amines is 2. The van der Waals surface area contributed by atoms with Crippen LogP contribution in [0.4, 0.5) is 5.95 Å². The molecule has 8 heteroatoms. The van der Waals surface area contributed by atoms with E-state index in [1.54, 1.807) is 24.3 Å². The molecule has 0 aliphatic carbocycles. The smallest absolute Gasteiger partial charge is 0.255 e. The molecule has 27 heavy (non-hydrogen) atoms. The van der Waals surface area contributed by atoms with E-state index < -0.39 is 0 Å². The van der Waals surface area contributed by atoms with Crippen molar-refractivity contribution >= 4 is 17.7 Å². The summed E-state index contributed by atoms with van der Waals surface area (Å²) in [6.45, 7) is 0.624. The summed E-state index contributed by atoms with van der Waals surface area (Å²) in [7, 11) is 0. The average Bonchev–Trinajstić information content (AvgIpc) is 3.15. The first-order valence-electron chi connectivity index (χ1n) is 8.82. The molecule has 0 saturated heterocycles. The summed E-state index contributed by atoms with van der Waals surface area (Å²) in [6, 6.07) is 10.1. The van der Waals surface area contributed by atoms with Gasteiger partial charge in [0.1, 0.15) is 0 Å². The number of nitrogens with one attached hydrogen (secondary N) is 3. The largest absolute Gasteiger partial charge is 0.390 e. The molecular weight excluding hydrogens is 362 g/mol. The SMILES string of the molecule is O=c1[nH]c(NCCSCc2[nH]cnc2CO)ncc1CCc1ccccc1. The predicted molar refractivity (Wildman–Crippen MR) is 108 cm³/mol. The van der Waals surface area contributed by atoms with Crippen LogP contribution in [0.1, 0.15) is 22.5 Å². The summed E-state index contributed by atoms with van der Waals surface area (Å²) >= 11 is 1.71. The van der Waals surface area contributed by atoms with Gasteiger partial charge in [-0.1, -0.05) is 30.3 Å². The van der Waals surface area contributed by atoms with Crippen LogP contribution in [0, 0.1) is 0 Å². The lowest BCUT2D eigenvalue weighted by Gasteiger charge is -2.07. The summed E-state index contributed by atoms with van der Waals surface area (Å²) in [5.74, 6) is 2.07. The number of nitrogens with zero attached hydrogens (tertiary/aromatic N) is 2. The Morgan fingerprint density at radius 2 is 2.00 bits per heavy atom. The molecule has 2 aromatic heterocycles. The average molecular weight is 385 g/mol. The van der Waals surface area contributed by atoms with Gasteiger partial charge in [0.2, 0.25) is 5.95 Å². The van der Waals surface area contributed by atoms with Crippen LogP contribution < -0.4 is 10.9 Å². The van der Waals surface area contributed by atoms with E-state index in [0.29, 0.717) is 30.2 Å². The Kier molecular flexibility index (Phi) is 7.06. The highest BCUT2D eigenvalue weighted by Crippen LogP contribution is 2.13. The second-order valence-corrected chi connectivity index (χ2v) is 7.14. The highest BCUT2D eigenvalue weighted by molar-refractivity contribution is 7.98. The predicted octanol–water partition coefficient (Wildman–Crippen LogP) is 2.12. The Bertz CT molecular complexity index is 894. The maximum Gasteiger partial charge on any atom is 0.255 e. The molecule has 0 radical (unpaired) electrons. The van der Waals surface area contributed by atoms with Crippen molar-refractivity contribution in [1.82, 2.24) is 19.9 Å². The van der Waals surface area contributed by atoms with Crippen molar-refractivity contribution in [1.29, 1.82) is 0 Å². The summed E-state index contributed by atoms with van der Waals surface area (Å²) < 4.78 is 0. The van der Waals surface area contributed by atoms with Crippen LogP contribution in [-0.2, 0) is 25.2 Å². The first-order chi connectivity index (χ1) is 13.3. The molecule has 0 aliphatic heterocycles. The van der Waals surface area contributed by atoms with Gasteiger partial charge in [-0.15, -0.1) is 0 Å². The minimum atomic E-state index is -0.0962. The van der Waals surface area contributed by atoms with Crippen molar-refractivity contribution in [2.24, 2.45) is 0 Å². The zero-order valence-electron chi connectivity index (χ0n) is 14.9. The van der Waals surface area contributed by atoms with Crippen LogP contribution in [-0.4, -0.2) is 37.3 Å². The molecule has 0 unspecified atom stereocenters. The maximum absolute atomic E-state index is 12.2. The van der Waals surface area contributed by atoms with Crippen molar-refractivity contribution in [3.8, 4) is 0 Å². The number of aryl methyl sites for hydroxylation is 2. The monoisotopic (exact) mass is 385 g/mol. The van der Waals surface area contributed by atoms with Gasteiger partial charge in [-0.25, -0.2) is 9.97 Å². The molecule has 3 rings (SSSR count). The fourth-order valence-corrected chi connectivity index (χ4v) is 3.48. The lowest BCUT2D eigenvalue weighted by atomic mass is 10.1. The molecule has 3 aromatic rings. The van der Waals surface area contributed by atoms with E-state index in [2.05, 4.69) is 37.4 Å². The van der Waals surface area contributed by atoms with Crippen LogP contribution in [0.2, 0.25) is 0 Å².